The first-order valence-electron chi connectivity index (χ1n) is 2.11. The molecule has 0 rings (SSSR count). The third-order valence-electron chi connectivity index (χ3n) is 0.397. The summed E-state index contributed by atoms with van der Waals surface area (Å²) in [6.07, 6.45) is -4.40. The van der Waals surface area contributed by atoms with Crippen LogP contribution in [-0.4, -0.2) is 14.7 Å². The number of hydrogen-bond donors (Lipinski definition) is 3. The van der Waals surface area contributed by atoms with Crippen molar-refractivity contribution in [3.05, 3.63) is 0 Å². The van der Waals surface area contributed by atoms with Gasteiger partial charge in [0.05, 0.1) is 0 Å². The molecule has 0 amide bonds. The second-order valence-electron chi connectivity index (χ2n) is 1.36. The summed E-state index contributed by atoms with van der Waals surface area (Å²) in [5, 5.41) is 0. The highest BCUT2D eigenvalue weighted by Crippen LogP contribution is 2.66. The van der Waals surface area contributed by atoms with Gasteiger partial charge >= 0.3 is 22.4 Å². The lowest BCUT2D eigenvalue weighted by atomic mass is 15.7. The van der Waals surface area contributed by atoms with Crippen LogP contribution >= 0.6 is 37.9 Å². The Morgan fingerprint density at radius 1 is 1.33 bits per heavy atom. The van der Waals surface area contributed by atoms with E-state index in [1.165, 1.54) is 0 Å². The molecule has 0 aromatic heterocycles. The highest BCUT2D eigenvalue weighted by atomic mass is 79.9. The molecule has 0 aromatic rings. The van der Waals surface area contributed by atoms with Gasteiger partial charge in [0.2, 0.25) is 0 Å². The molecule has 0 aromatic carbocycles. The Hall–Kier alpha value is 0.970. The van der Waals surface area contributed by atoms with E-state index in [0.717, 1.165) is 0 Å². The maximum absolute atomic E-state index is 10.5. The second kappa shape index (κ2) is 4.46. The fourth-order valence-corrected chi connectivity index (χ4v) is 3.96. The van der Waals surface area contributed by atoms with Crippen LogP contribution in [0.15, 0.2) is 0 Å². The molecule has 12 heavy (non-hydrogen) atoms. The van der Waals surface area contributed by atoms with Gasteiger partial charge in [-0.3, -0.25) is 4.57 Å². The fraction of sp³-hybridized carbons (Fsp3) is 0. The van der Waals surface area contributed by atoms with Crippen molar-refractivity contribution in [2.24, 2.45) is 0 Å². The van der Waals surface area contributed by atoms with Crippen LogP contribution < -0.4 is 0 Å². The molecule has 0 saturated carbocycles. The van der Waals surface area contributed by atoms with Crippen LogP contribution in [0.4, 0.5) is 0 Å². The lowest BCUT2D eigenvalue weighted by Gasteiger charge is -2.09. The molecular formula is H4BrO8P3. The summed E-state index contributed by atoms with van der Waals surface area (Å²) in [6.45, 7) is 0. The lowest BCUT2D eigenvalue weighted by molar-refractivity contribution is 0.270. The standard InChI is InChI=1S/BrH4O8P3/c1-11(4,5)9-12(6,7)8-10(2)3/h10H,(H,2,3)(H,4,5)(H,6,7). The monoisotopic (exact) mass is 304 g/mol. The summed E-state index contributed by atoms with van der Waals surface area (Å²) in [7, 11) is -8.65. The Kier molecular flexibility index (Phi) is 4.82. The summed E-state index contributed by atoms with van der Waals surface area (Å²) in [6, 6.07) is 0. The van der Waals surface area contributed by atoms with E-state index >= 15 is 0 Å². The van der Waals surface area contributed by atoms with Crippen LogP contribution in [0.2, 0.25) is 0 Å². The molecular weight excluding hydrogens is 301 g/mol. The van der Waals surface area contributed by atoms with Gasteiger partial charge in [0.15, 0.2) is 0 Å². The van der Waals surface area contributed by atoms with Crippen molar-refractivity contribution in [2.75, 3.05) is 0 Å². The van der Waals surface area contributed by atoms with E-state index < -0.39 is 22.4 Å². The molecule has 0 fully saturated rings. The minimum absolute atomic E-state index is 2.01. The number of hydrogen-bond acceptors (Lipinski definition) is 5. The lowest BCUT2D eigenvalue weighted by Crippen LogP contribution is -1.84. The van der Waals surface area contributed by atoms with Gasteiger partial charge in [-0.05, 0) is 0 Å². The Morgan fingerprint density at radius 3 is 2.00 bits per heavy atom. The van der Waals surface area contributed by atoms with Crippen LogP contribution in [0, 0.1) is 0 Å². The third-order valence-corrected chi connectivity index (χ3v) is 4.74. The first-order chi connectivity index (χ1) is 5.12. The van der Waals surface area contributed by atoms with E-state index in [-0.39, 0.29) is 0 Å². The maximum atomic E-state index is 10.5. The van der Waals surface area contributed by atoms with Crippen LogP contribution in [0.3, 0.4) is 0 Å². The average Bonchev–Trinajstić information content (AvgIpc) is 1.48. The summed E-state index contributed by atoms with van der Waals surface area (Å²) < 4.78 is 37.6. The maximum Gasteiger partial charge on any atom is 0.487 e. The van der Waals surface area contributed by atoms with Gasteiger partial charge < -0.3 is 14.7 Å². The van der Waals surface area contributed by atoms with E-state index in [1.807, 2.05) is 15.5 Å². The molecule has 0 saturated heterocycles. The molecule has 0 bridgehead atoms. The van der Waals surface area contributed by atoms with Gasteiger partial charge in [-0.1, -0.05) is 0 Å². The van der Waals surface area contributed by atoms with Crippen LogP contribution in [-0.2, 0) is 22.3 Å². The van der Waals surface area contributed by atoms with Crippen molar-refractivity contribution in [1.29, 1.82) is 0 Å². The number of rotatable bonds is 4. The average molecular weight is 305 g/mol. The van der Waals surface area contributed by atoms with E-state index in [1.54, 1.807) is 0 Å². The molecule has 0 heterocycles. The van der Waals surface area contributed by atoms with Gasteiger partial charge in [-0.2, -0.15) is 4.31 Å². The topological polar surface area (TPSA) is 130 Å². The summed E-state index contributed by atoms with van der Waals surface area (Å²) in [4.78, 5) is 24.8. The van der Waals surface area contributed by atoms with Gasteiger partial charge in [-0.25, -0.2) is 13.4 Å². The van der Waals surface area contributed by atoms with Gasteiger partial charge in [-0.15, -0.1) is 0 Å². The Labute approximate surface area is 75.4 Å². The number of phosphoric acid groups is 1. The molecule has 8 nitrogen and oxygen atoms in total. The summed E-state index contributed by atoms with van der Waals surface area (Å²) in [5.74, 6) is 0. The van der Waals surface area contributed by atoms with Crippen molar-refractivity contribution in [1.82, 2.24) is 0 Å². The minimum Gasteiger partial charge on any atom is -0.326 e. The van der Waals surface area contributed by atoms with E-state index in [4.69, 9.17) is 14.7 Å². The normalized spacial score (nSPS) is 24.0. The van der Waals surface area contributed by atoms with Crippen molar-refractivity contribution >= 4 is 37.9 Å². The van der Waals surface area contributed by atoms with Crippen molar-refractivity contribution in [3.8, 4) is 0 Å². The van der Waals surface area contributed by atoms with Crippen molar-refractivity contribution in [2.45, 2.75) is 0 Å². The zero-order valence-corrected chi connectivity index (χ0v) is 9.53. The van der Waals surface area contributed by atoms with Crippen molar-refractivity contribution in [3.63, 3.8) is 0 Å². The van der Waals surface area contributed by atoms with Crippen LogP contribution in [0.25, 0.3) is 0 Å². The Morgan fingerprint density at radius 2 is 1.75 bits per heavy atom. The molecule has 0 aliphatic heterocycles. The summed E-state index contributed by atoms with van der Waals surface area (Å²) >= 11 is 2.01. The molecule has 12 heteroatoms. The fourth-order valence-electron chi connectivity index (χ4n) is 0.243. The second-order valence-corrected chi connectivity index (χ2v) is 7.80. The first kappa shape index (κ1) is 13.0. The molecule has 0 radical (unpaired) electrons. The SMILES string of the molecule is O=[PH](O)OP(=O)(O)OP(=O)(O)Br. The quantitative estimate of drug-likeness (QED) is 0.656. The van der Waals surface area contributed by atoms with E-state index in [9.17, 15) is 13.7 Å². The highest BCUT2D eigenvalue weighted by molar-refractivity contribution is 9.39. The van der Waals surface area contributed by atoms with Gasteiger partial charge in [0.1, 0.15) is 0 Å². The Bertz CT molecular complexity index is 261. The van der Waals surface area contributed by atoms with Gasteiger partial charge in [0.25, 0.3) is 0 Å². The molecule has 3 atom stereocenters. The third kappa shape index (κ3) is 7.61. The highest BCUT2D eigenvalue weighted by Gasteiger charge is 2.33. The molecule has 0 aliphatic carbocycles. The molecule has 3 N–H and O–H groups in total. The summed E-state index contributed by atoms with van der Waals surface area (Å²) in [5.41, 5.74) is 0. The smallest absolute Gasteiger partial charge is 0.326 e. The van der Waals surface area contributed by atoms with Crippen LogP contribution in [0.5, 0.6) is 0 Å². The zero-order valence-electron chi connectivity index (χ0n) is 5.16. The largest absolute Gasteiger partial charge is 0.487 e. The van der Waals surface area contributed by atoms with E-state index in [2.05, 4.69) is 8.62 Å². The van der Waals surface area contributed by atoms with Gasteiger partial charge in [0, 0.05) is 15.5 Å². The van der Waals surface area contributed by atoms with Crippen LogP contribution in [0.1, 0.15) is 0 Å². The molecule has 3 unspecified atom stereocenters. The van der Waals surface area contributed by atoms with Crippen molar-refractivity contribution < 1.29 is 37.0 Å². The first-order valence-corrected chi connectivity index (χ1v) is 8.47. The zero-order chi connectivity index (χ0) is 9.99. The van der Waals surface area contributed by atoms with E-state index in [0.29, 0.717) is 0 Å². The Balaban J connectivity index is 4.35. The number of halogens is 1. The molecule has 0 spiro atoms. The molecule has 0 aliphatic rings. The predicted molar refractivity (Wildman–Crippen MR) is 42.0 cm³/mol. The molecule has 74 valence electrons. The predicted octanol–water partition coefficient (Wildman–Crippen LogP) is 0.997. The minimum atomic E-state index is -4.95.